The summed E-state index contributed by atoms with van der Waals surface area (Å²) < 4.78 is 5.56. The summed E-state index contributed by atoms with van der Waals surface area (Å²) in [7, 11) is 0. The third-order valence-electron chi connectivity index (χ3n) is 2.76. The Hall–Kier alpha value is -2.41. The summed E-state index contributed by atoms with van der Waals surface area (Å²) >= 11 is 5.76. The lowest BCUT2D eigenvalue weighted by Crippen LogP contribution is -2.03. The van der Waals surface area contributed by atoms with E-state index in [4.69, 9.17) is 22.1 Å². The number of nitro groups is 1. The standard InChI is InChI=1S/C13H13ClN4O3/c1-2-3-9-12(15)16-7-17-13(9)21-11-5-4-8(14)6-10(11)18(19)20/h4-7H,2-3H2,1H3,(H2,15,16,17). The van der Waals surface area contributed by atoms with Gasteiger partial charge in [0, 0.05) is 11.1 Å². The van der Waals surface area contributed by atoms with Gasteiger partial charge in [-0.25, -0.2) is 9.97 Å². The van der Waals surface area contributed by atoms with Crippen molar-refractivity contribution in [2.75, 3.05) is 5.73 Å². The zero-order chi connectivity index (χ0) is 15.4. The molecule has 0 unspecified atom stereocenters. The summed E-state index contributed by atoms with van der Waals surface area (Å²) in [6.45, 7) is 1.97. The quantitative estimate of drug-likeness (QED) is 0.670. The molecule has 0 bridgehead atoms. The normalized spacial score (nSPS) is 10.4. The van der Waals surface area contributed by atoms with Crippen LogP contribution in [0.2, 0.25) is 5.02 Å². The van der Waals surface area contributed by atoms with E-state index >= 15 is 0 Å². The molecule has 0 saturated carbocycles. The van der Waals surface area contributed by atoms with Crippen LogP contribution in [0.4, 0.5) is 11.5 Å². The second kappa shape index (κ2) is 6.36. The minimum Gasteiger partial charge on any atom is -0.431 e. The van der Waals surface area contributed by atoms with Crippen LogP contribution in [-0.2, 0) is 6.42 Å². The highest BCUT2D eigenvalue weighted by Crippen LogP contribution is 2.34. The van der Waals surface area contributed by atoms with Crippen LogP contribution in [0, 0.1) is 10.1 Å². The average molecular weight is 309 g/mol. The van der Waals surface area contributed by atoms with Gasteiger partial charge in [0.05, 0.1) is 10.5 Å². The van der Waals surface area contributed by atoms with E-state index in [0.717, 1.165) is 6.42 Å². The van der Waals surface area contributed by atoms with Crippen molar-refractivity contribution in [2.45, 2.75) is 19.8 Å². The molecule has 110 valence electrons. The van der Waals surface area contributed by atoms with Crippen LogP contribution in [0.3, 0.4) is 0 Å². The van der Waals surface area contributed by atoms with Gasteiger partial charge in [0.25, 0.3) is 0 Å². The highest BCUT2D eigenvalue weighted by atomic mass is 35.5. The summed E-state index contributed by atoms with van der Waals surface area (Å²) in [6.07, 6.45) is 2.69. The number of nitrogen functional groups attached to an aromatic ring is 1. The molecule has 0 aliphatic heterocycles. The molecule has 21 heavy (non-hydrogen) atoms. The maximum Gasteiger partial charge on any atom is 0.313 e. The number of benzene rings is 1. The highest BCUT2D eigenvalue weighted by molar-refractivity contribution is 6.30. The number of anilines is 1. The summed E-state index contributed by atoms with van der Waals surface area (Å²) in [5, 5.41) is 11.3. The third-order valence-corrected chi connectivity index (χ3v) is 3.00. The second-order valence-electron chi connectivity index (χ2n) is 4.26. The first-order valence-electron chi connectivity index (χ1n) is 6.24. The number of nitro benzene ring substituents is 1. The van der Waals surface area contributed by atoms with Gasteiger partial charge in [0.1, 0.15) is 12.1 Å². The fourth-order valence-electron chi connectivity index (χ4n) is 1.81. The van der Waals surface area contributed by atoms with Crippen molar-refractivity contribution in [1.29, 1.82) is 0 Å². The van der Waals surface area contributed by atoms with E-state index in [9.17, 15) is 10.1 Å². The molecule has 2 N–H and O–H groups in total. The van der Waals surface area contributed by atoms with Gasteiger partial charge in [-0.3, -0.25) is 10.1 Å². The van der Waals surface area contributed by atoms with Crippen molar-refractivity contribution >= 4 is 23.1 Å². The van der Waals surface area contributed by atoms with Crippen LogP contribution in [0.15, 0.2) is 24.5 Å². The first-order valence-corrected chi connectivity index (χ1v) is 6.61. The Morgan fingerprint density at radius 1 is 1.43 bits per heavy atom. The molecule has 0 radical (unpaired) electrons. The van der Waals surface area contributed by atoms with E-state index in [1.54, 1.807) is 0 Å². The number of nitrogens with zero attached hydrogens (tertiary/aromatic N) is 3. The number of hydrogen-bond acceptors (Lipinski definition) is 6. The van der Waals surface area contributed by atoms with Crippen LogP contribution in [-0.4, -0.2) is 14.9 Å². The van der Waals surface area contributed by atoms with Gasteiger partial charge < -0.3 is 10.5 Å². The molecule has 0 atom stereocenters. The van der Waals surface area contributed by atoms with Gasteiger partial charge in [-0.2, -0.15) is 0 Å². The first kappa shape index (κ1) is 15.0. The molecule has 2 rings (SSSR count). The van der Waals surface area contributed by atoms with E-state index in [1.807, 2.05) is 6.92 Å². The fourth-order valence-corrected chi connectivity index (χ4v) is 1.97. The van der Waals surface area contributed by atoms with E-state index < -0.39 is 4.92 Å². The topological polar surface area (TPSA) is 104 Å². The zero-order valence-corrected chi connectivity index (χ0v) is 12.0. The molecule has 8 heteroatoms. The van der Waals surface area contributed by atoms with E-state index in [2.05, 4.69) is 9.97 Å². The predicted octanol–water partition coefficient (Wildman–Crippen LogP) is 3.37. The number of halogens is 1. The van der Waals surface area contributed by atoms with Gasteiger partial charge in [0.15, 0.2) is 0 Å². The number of ether oxygens (including phenoxy) is 1. The molecular weight excluding hydrogens is 296 g/mol. The number of hydrogen-bond donors (Lipinski definition) is 1. The lowest BCUT2D eigenvalue weighted by Gasteiger charge is -2.11. The van der Waals surface area contributed by atoms with Crippen molar-refractivity contribution < 1.29 is 9.66 Å². The Labute approximate surface area is 125 Å². The Bertz CT molecular complexity index is 678. The second-order valence-corrected chi connectivity index (χ2v) is 4.70. The molecule has 7 nitrogen and oxygen atoms in total. The molecule has 0 amide bonds. The average Bonchev–Trinajstić information content (AvgIpc) is 2.44. The molecule has 0 aliphatic rings. The first-order chi connectivity index (χ1) is 10.0. The van der Waals surface area contributed by atoms with Crippen molar-refractivity contribution in [3.8, 4) is 11.6 Å². The summed E-state index contributed by atoms with van der Waals surface area (Å²) in [5.74, 6) is 0.577. The minimum absolute atomic E-state index is 0.0554. The van der Waals surface area contributed by atoms with Crippen molar-refractivity contribution in [2.24, 2.45) is 0 Å². The summed E-state index contributed by atoms with van der Waals surface area (Å²) in [5.41, 5.74) is 6.19. The lowest BCUT2D eigenvalue weighted by atomic mass is 10.2. The molecule has 0 saturated heterocycles. The SMILES string of the molecule is CCCc1c(N)ncnc1Oc1ccc(Cl)cc1[N+](=O)[O-]. The van der Waals surface area contributed by atoms with E-state index in [1.165, 1.54) is 24.5 Å². The smallest absolute Gasteiger partial charge is 0.313 e. The maximum absolute atomic E-state index is 11.1. The molecule has 1 heterocycles. The minimum atomic E-state index is -0.564. The maximum atomic E-state index is 11.1. The largest absolute Gasteiger partial charge is 0.431 e. The molecule has 0 spiro atoms. The zero-order valence-electron chi connectivity index (χ0n) is 11.2. The fraction of sp³-hybridized carbons (Fsp3) is 0.231. The van der Waals surface area contributed by atoms with Crippen LogP contribution in [0.1, 0.15) is 18.9 Å². The molecular formula is C13H13ClN4O3. The monoisotopic (exact) mass is 308 g/mol. The Balaban J connectivity index is 2.43. The molecule has 0 fully saturated rings. The molecule has 1 aromatic carbocycles. The Morgan fingerprint density at radius 3 is 2.86 bits per heavy atom. The van der Waals surface area contributed by atoms with E-state index in [0.29, 0.717) is 17.8 Å². The number of aromatic nitrogens is 2. The molecule has 2 aromatic rings. The van der Waals surface area contributed by atoms with Gasteiger partial charge in [-0.15, -0.1) is 0 Å². The summed E-state index contributed by atoms with van der Waals surface area (Å²) in [6, 6.07) is 4.16. The van der Waals surface area contributed by atoms with Crippen LogP contribution in [0.5, 0.6) is 11.6 Å². The Morgan fingerprint density at radius 2 is 2.19 bits per heavy atom. The van der Waals surface area contributed by atoms with Gasteiger partial charge in [-0.05, 0) is 18.6 Å². The van der Waals surface area contributed by atoms with Gasteiger partial charge >= 0.3 is 5.69 Å². The lowest BCUT2D eigenvalue weighted by molar-refractivity contribution is -0.385. The predicted molar refractivity (Wildman–Crippen MR) is 78.6 cm³/mol. The van der Waals surface area contributed by atoms with E-state index in [-0.39, 0.29) is 22.3 Å². The number of rotatable bonds is 5. The highest BCUT2D eigenvalue weighted by Gasteiger charge is 2.19. The van der Waals surface area contributed by atoms with Crippen LogP contribution < -0.4 is 10.5 Å². The third kappa shape index (κ3) is 3.38. The summed E-state index contributed by atoms with van der Waals surface area (Å²) in [4.78, 5) is 18.4. The van der Waals surface area contributed by atoms with Gasteiger partial charge in [-0.1, -0.05) is 24.9 Å². The Kier molecular flexibility index (Phi) is 4.54. The van der Waals surface area contributed by atoms with Crippen molar-refractivity contribution in [3.05, 3.63) is 45.2 Å². The van der Waals surface area contributed by atoms with Gasteiger partial charge in [0.2, 0.25) is 11.6 Å². The van der Waals surface area contributed by atoms with Crippen molar-refractivity contribution in [3.63, 3.8) is 0 Å². The molecule has 1 aromatic heterocycles. The molecule has 0 aliphatic carbocycles. The van der Waals surface area contributed by atoms with Crippen LogP contribution in [0.25, 0.3) is 0 Å². The number of nitrogens with two attached hydrogens (primary N) is 1. The van der Waals surface area contributed by atoms with Crippen LogP contribution >= 0.6 is 11.6 Å². The van der Waals surface area contributed by atoms with Crippen molar-refractivity contribution in [1.82, 2.24) is 9.97 Å².